The number of hydrogen-bond donors (Lipinski definition) is 3. The number of benzene rings is 1. The van der Waals surface area contributed by atoms with Gasteiger partial charge in [-0.05, 0) is 68.7 Å². The Labute approximate surface area is 296 Å². The Bertz CT molecular complexity index is 1670. The lowest BCUT2D eigenvalue weighted by atomic mass is 9.83. The molecule has 1 aromatic rings. The van der Waals surface area contributed by atoms with Crippen LogP contribution in [0.4, 0.5) is 36.4 Å². The third-order valence-corrected chi connectivity index (χ3v) is 10.9. The highest BCUT2D eigenvalue weighted by Gasteiger charge is 2.56. The van der Waals surface area contributed by atoms with E-state index in [0.717, 1.165) is 0 Å². The van der Waals surface area contributed by atoms with Gasteiger partial charge in [0.1, 0.15) is 11.6 Å². The maximum Gasteiger partial charge on any atom is 0.418 e. The minimum Gasteiger partial charge on any atom is -0.496 e. The van der Waals surface area contributed by atoms with Crippen LogP contribution in [0, 0.1) is 29.6 Å². The first kappa shape index (κ1) is 37.7. The molecule has 5 unspecified atom stereocenters. The molecule has 5 aliphatic rings. The monoisotopic (exact) mass is 742 g/mol. The maximum absolute atomic E-state index is 14.4. The average Bonchev–Trinajstić information content (AvgIpc) is 3.78. The Balaban J connectivity index is 1.22. The largest absolute Gasteiger partial charge is 0.496 e. The van der Waals surface area contributed by atoms with E-state index in [9.17, 15) is 45.1 Å². The van der Waals surface area contributed by atoms with Gasteiger partial charge in [0, 0.05) is 73.6 Å². The molecule has 4 fully saturated rings. The number of ether oxygens (including phenoxy) is 2. The molecule has 1 aromatic carbocycles. The second-order valence-corrected chi connectivity index (χ2v) is 14.2. The van der Waals surface area contributed by atoms with Crippen LogP contribution in [0.25, 0.3) is 0 Å². The van der Waals surface area contributed by atoms with Crippen LogP contribution in [0.3, 0.4) is 0 Å². The third-order valence-electron chi connectivity index (χ3n) is 10.9. The van der Waals surface area contributed by atoms with E-state index in [4.69, 9.17) is 9.47 Å². The van der Waals surface area contributed by atoms with Crippen LogP contribution in [-0.4, -0.2) is 75.6 Å². The van der Waals surface area contributed by atoms with Crippen LogP contribution in [-0.2, 0) is 14.3 Å². The summed E-state index contributed by atoms with van der Waals surface area (Å²) in [4.78, 5) is 42.5. The van der Waals surface area contributed by atoms with E-state index in [2.05, 4.69) is 16.0 Å². The lowest BCUT2D eigenvalue weighted by Gasteiger charge is -2.31. The van der Waals surface area contributed by atoms with Gasteiger partial charge in [0.2, 0.25) is 11.8 Å². The first-order chi connectivity index (χ1) is 24.5. The molecule has 16 heteroatoms. The Morgan fingerprint density at radius 1 is 0.962 bits per heavy atom. The molecule has 284 valence electrons. The van der Waals surface area contributed by atoms with Crippen molar-refractivity contribution in [1.82, 2.24) is 16.0 Å². The minimum absolute atomic E-state index is 0.0212. The van der Waals surface area contributed by atoms with Gasteiger partial charge in [0.05, 0.1) is 24.2 Å². The molecular formula is C36H41F7N4O5. The van der Waals surface area contributed by atoms with E-state index in [-0.39, 0.29) is 65.8 Å². The number of amides is 3. The summed E-state index contributed by atoms with van der Waals surface area (Å²) in [6, 6.07) is 3.67. The summed E-state index contributed by atoms with van der Waals surface area (Å²) in [7, 11) is 1.35. The molecule has 6 rings (SSSR count). The normalized spacial score (nSPS) is 29.0. The van der Waals surface area contributed by atoms with Crippen molar-refractivity contribution in [2.24, 2.45) is 29.6 Å². The van der Waals surface area contributed by atoms with Crippen LogP contribution in [0.2, 0.25) is 0 Å². The summed E-state index contributed by atoms with van der Waals surface area (Å²) < 4.78 is 107. The van der Waals surface area contributed by atoms with Crippen molar-refractivity contribution in [1.29, 1.82) is 0 Å². The Kier molecular flexibility index (Phi) is 10.7. The van der Waals surface area contributed by atoms with Crippen LogP contribution in [0.5, 0.6) is 5.75 Å². The molecule has 9 nitrogen and oxygen atoms in total. The number of carbonyl (C=O) groups is 3. The zero-order chi connectivity index (χ0) is 37.5. The van der Waals surface area contributed by atoms with Crippen molar-refractivity contribution in [3.63, 3.8) is 0 Å². The molecule has 2 aliphatic heterocycles. The van der Waals surface area contributed by atoms with Crippen LogP contribution < -0.4 is 25.6 Å². The standard InChI is InChI=1S/C36H41F7N4O5/c1-18-13-21(14-27(30(18)37)36(41,42)43)45-34(50)29-23-4-5-24(26(23)16-35(38,39)40)31(29)46-33(49)25-15-22(3-6-28(25)51-2)47-10-7-20(17-47)44-32(48)19-8-11-52-12-9-19/h3,6,14-16,18-20,23-24,29,31H,4-5,7-13,17H2,1-2H3,(H,44,48)(H,45,50)(H,46,49)/b26-16-/t18?,20?,23?,24?,29-,31?/m0/s1. The number of anilines is 1. The molecular weight excluding hydrogens is 701 g/mol. The van der Waals surface area contributed by atoms with Gasteiger partial charge in [-0.1, -0.05) is 12.5 Å². The van der Waals surface area contributed by atoms with E-state index >= 15 is 0 Å². The molecule has 3 aliphatic carbocycles. The fourth-order valence-corrected chi connectivity index (χ4v) is 8.40. The van der Waals surface area contributed by atoms with Gasteiger partial charge in [-0.25, -0.2) is 4.39 Å². The van der Waals surface area contributed by atoms with Crippen LogP contribution in [0.15, 0.2) is 53.0 Å². The second kappa shape index (κ2) is 14.7. The molecule has 3 N–H and O–H groups in total. The van der Waals surface area contributed by atoms with Crippen molar-refractivity contribution >= 4 is 23.4 Å². The topological polar surface area (TPSA) is 109 Å². The number of allylic oxidation sites excluding steroid dienone is 5. The van der Waals surface area contributed by atoms with E-state index in [1.54, 1.807) is 18.2 Å². The number of carbonyl (C=O) groups excluding carboxylic acids is 3. The number of hydrogen-bond acceptors (Lipinski definition) is 6. The summed E-state index contributed by atoms with van der Waals surface area (Å²) in [6.07, 6.45) is -6.91. The number of rotatable bonds is 8. The Morgan fingerprint density at radius 3 is 2.35 bits per heavy atom. The maximum atomic E-state index is 14.4. The minimum atomic E-state index is -5.03. The zero-order valence-corrected chi connectivity index (χ0v) is 28.6. The fourth-order valence-electron chi connectivity index (χ4n) is 8.40. The highest BCUT2D eigenvalue weighted by Crippen LogP contribution is 2.54. The Hall–Kier alpha value is -4.08. The van der Waals surface area contributed by atoms with E-state index < -0.39 is 65.3 Å². The number of halogens is 7. The van der Waals surface area contributed by atoms with E-state index in [0.29, 0.717) is 57.3 Å². The molecule has 52 heavy (non-hydrogen) atoms. The SMILES string of the molecule is COc1ccc(N2CCC(NC(=O)C3CCOCC3)C2)cc1C(=O)NC1C2CCC(/C2=C/C(F)(F)F)[C@@H]1C(=O)NC1=CC(C(F)(F)F)=C(F)C(C)C1. The number of nitrogens with one attached hydrogen (secondary N) is 3. The van der Waals surface area contributed by atoms with Gasteiger partial charge in [-0.3, -0.25) is 14.4 Å². The summed E-state index contributed by atoms with van der Waals surface area (Å²) >= 11 is 0. The molecule has 0 aromatic heterocycles. The van der Waals surface area contributed by atoms with Crippen molar-refractivity contribution in [3.8, 4) is 5.75 Å². The first-order valence-electron chi connectivity index (χ1n) is 17.4. The summed E-state index contributed by atoms with van der Waals surface area (Å²) in [5.41, 5.74) is -1.10. The van der Waals surface area contributed by atoms with Crippen molar-refractivity contribution in [3.05, 3.63) is 58.6 Å². The molecule has 2 heterocycles. The van der Waals surface area contributed by atoms with Crippen LogP contribution in [0.1, 0.15) is 55.8 Å². The van der Waals surface area contributed by atoms with E-state index in [1.807, 2.05) is 4.90 Å². The summed E-state index contributed by atoms with van der Waals surface area (Å²) in [5.74, 6) is -7.12. The summed E-state index contributed by atoms with van der Waals surface area (Å²) in [5, 5.41) is 8.31. The van der Waals surface area contributed by atoms with Gasteiger partial charge in [0.25, 0.3) is 5.91 Å². The van der Waals surface area contributed by atoms with Gasteiger partial charge in [0.15, 0.2) is 0 Å². The third kappa shape index (κ3) is 7.96. The highest BCUT2D eigenvalue weighted by atomic mass is 19.4. The molecule has 6 atom stereocenters. The molecule has 3 amide bonds. The molecule has 0 spiro atoms. The van der Waals surface area contributed by atoms with Crippen LogP contribution >= 0.6 is 0 Å². The van der Waals surface area contributed by atoms with Gasteiger partial charge in [-0.15, -0.1) is 0 Å². The molecule has 2 saturated heterocycles. The zero-order valence-electron chi connectivity index (χ0n) is 28.6. The Morgan fingerprint density at radius 2 is 1.67 bits per heavy atom. The number of nitrogens with zero attached hydrogens (tertiary/aromatic N) is 1. The van der Waals surface area contributed by atoms with Gasteiger partial charge >= 0.3 is 12.4 Å². The fraction of sp³-hybridized carbons (Fsp3) is 0.583. The van der Waals surface area contributed by atoms with Crippen molar-refractivity contribution in [2.45, 2.75) is 69.9 Å². The quantitative estimate of drug-likeness (QED) is 0.227. The van der Waals surface area contributed by atoms with Gasteiger partial charge in [-0.2, -0.15) is 26.3 Å². The van der Waals surface area contributed by atoms with Crippen molar-refractivity contribution < 1.29 is 54.6 Å². The van der Waals surface area contributed by atoms with Gasteiger partial charge < -0.3 is 30.3 Å². The first-order valence-corrected chi connectivity index (χ1v) is 17.4. The highest BCUT2D eigenvalue weighted by molar-refractivity contribution is 5.99. The average molecular weight is 743 g/mol. The lowest BCUT2D eigenvalue weighted by Crippen LogP contribution is -2.50. The van der Waals surface area contributed by atoms with Crippen molar-refractivity contribution in [2.75, 3.05) is 38.3 Å². The molecule has 2 bridgehead atoms. The smallest absolute Gasteiger partial charge is 0.418 e. The molecule has 0 radical (unpaired) electrons. The number of methoxy groups -OCH3 is 1. The number of alkyl halides is 6. The lowest BCUT2D eigenvalue weighted by molar-refractivity contribution is -0.128. The number of fused-ring (bicyclic) bond motifs is 2. The molecule has 2 saturated carbocycles. The second-order valence-electron chi connectivity index (χ2n) is 14.2. The summed E-state index contributed by atoms with van der Waals surface area (Å²) in [6.45, 7) is 3.37. The van der Waals surface area contributed by atoms with E-state index in [1.165, 1.54) is 14.0 Å². The predicted octanol–water partition coefficient (Wildman–Crippen LogP) is 5.89. The predicted molar refractivity (Wildman–Crippen MR) is 175 cm³/mol.